The van der Waals surface area contributed by atoms with Crippen molar-refractivity contribution in [2.24, 2.45) is 0 Å². The van der Waals surface area contributed by atoms with Gasteiger partial charge < -0.3 is 9.72 Å². The summed E-state index contributed by atoms with van der Waals surface area (Å²) in [4.78, 5) is 17.0. The lowest BCUT2D eigenvalue weighted by Crippen LogP contribution is -2.12. The van der Waals surface area contributed by atoms with Gasteiger partial charge in [0, 0.05) is 29.2 Å². The fourth-order valence-corrected chi connectivity index (χ4v) is 2.77. The van der Waals surface area contributed by atoms with Crippen LogP contribution in [0.1, 0.15) is 15.9 Å². The van der Waals surface area contributed by atoms with Crippen molar-refractivity contribution >= 4 is 17.2 Å². The van der Waals surface area contributed by atoms with Crippen LogP contribution in [0, 0.1) is 12.7 Å². The Bertz CT molecular complexity index is 1080. The maximum Gasteiger partial charge on any atom is 0.255 e. The van der Waals surface area contributed by atoms with Gasteiger partial charge in [0.05, 0.1) is 5.69 Å². The number of amides is 1. The minimum Gasteiger partial charge on any atom is -0.322 e. The molecule has 0 aliphatic rings. The number of pyridine rings is 1. The van der Waals surface area contributed by atoms with Crippen LogP contribution in [-0.4, -0.2) is 15.3 Å². The average molecular weight is 345 g/mol. The fraction of sp³-hybridized carbons (Fsp3) is 0.0476. The summed E-state index contributed by atoms with van der Waals surface area (Å²) in [6, 6.07) is 17.7. The first-order valence-electron chi connectivity index (χ1n) is 8.22. The van der Waals surface area contributed by atoms with Crippen LogP contribution in [0.15, 0.2) is 73.1 Å². The predicted molar refractivity (Wildman–Crippen MR) is 99.7 cm³/mol. The minimum absolute atomic E-state index is 0.284. The maximum absolute atomic E-state index is 13.7. The Balaban J connectivity index is 1.61. The van der Waals surface area contributed by atoms with Crippen molar-refractivity contribution < 1.29 is 9.18 Å². The van der Waals surface area contributed by atoms with Gasteiger partial charge in [-0.3, -0.25) is 4.79 Å². The smallest absolute Gasteiger partial charge is 0.255 e. The molecular weight excluding hydrogens is 329 g/mol. The monoisotopic (exact) mass is 345 g/mol. The Labute approximate surface area is 149 Å². The third kappa shape index (κ3) is 3.07. The van der Waals surface area contributed by atoms with E-state index in [1.54, 1.807) is 25.1 Å². The molecule has 1 N–H and O–H groups in total. The first kappa shape index (κ1) is 16.0. The van der Waals surface area contributed by atoms with E-state index < -0.39 is 5.82 Å². The molecule has 0 atom stereocenters. The molecule has 2 heterocycles. The molecule has 0 bridgehead atoms. The summed E-state index contributed by atoms with van der Waals surface area (Å²) in [6.45, 7) is 1.66. The number of anilines is 1. The van der Waals surface area contributed by atoms with Crippen LogP contribution in [0.5, 0.6) is 0 Å². The molecule has 0 unspecified atom stereocenters. The van der Waals surface area contributed by atoms with E-state index in [9.17, 15) is 9.18 Å². The lowest BCUT2D eigenvalue weighted by molar-refractivity contribution is 0.102. The first-order chi connectivity index (χ1) is 12.6. The summed E-state index contributed by atoms with van der Waals surface area (Å²) in [7, 11) is 0. The van der Waals surface area contributed by atoms with Crippen LogP contribution in [0.3, 0.4) is 0 Å². The number of benzene rings is 2. The Morgan fingerprint density at radius 1 is 1.08 bits per heavy atom. The number of carbonyl (C=O) groups is 1. The van der Waals surface area contributed by atoms with Crippen LogP contribution in [0.4, 0.5) is 10.1 Å². The number of nitrogens with zero attached hydrogens (tertiary/aromatic N) is 2. The van der Waals surface area contributed by atoms with Crippen molar-refractivity contribution in [3.63, 3.8) is 0 Å². The summed E-state index contributed by atoms with van der Waals surface area (Å²) in [5, 5.41) is 2.81. The van der Waals surface area contributed by atoms with Gasteiger partial charge in [0.2, 0.25) is 0 Å². The van der Waals surface area contributed by atoms with Crippen LogP contribution in [0.25, 0.3) is 16.9 Å². The van der Waals surface area contributed by atoms with Gasteiger partial charge in [-0.05, 0) is 48.9 Å². The zero-order chi connectivity index (χ0) is 18.1. The maximum atomic E-state index is 13.7. The quantitative estimate of drug-likeness (QED) is 0.585. The largest absolute Gasteiger partial charge is 0.322 e. The van der Waals surface area contributed by atoms with E-state index in [1.165, 1.54) is 6.07 Å². The minimum atomic E-state index is -0.392. The highest BCUT2D eigenvalue weighted by molar-refractivity contribution is 6.04. The molecule has 2 aromatic carbocycles. The van der Waals surface area contributed by atoms with E-state index in [-0.39, 0.29) is 11.5 Å². The normalized spacial score (nSPS) is 10.8. The zero-order valence-corrected chi connectivity index (χ0v) is 14.1. The van der Waals surface area contributed by atoms with Gasteiger partial charge in [-0.2, -0.15) is 0 Å². The number of aryl methyl sites for hydroxylation is 1. The Morgan fingerprint density at radius 2 is 1.96 bits per heavy atom. The average Bonchev–Trinajstić information content (AvgIpc) is 3.08. The molecule has 4 rings (SSSR count). The van der Waals surface area contributed by atoms with Crippen LogP contribution >= 0.6 is 0 Å². The van der Waals surface area contributed by atoms with Gasteiger partial charge in [0.15, 0.2) is 0 Å². The molecular formula is C21H16FN3O. The van der Waals surface area contributed by atoms with Gasteiger partial charge in [-0.25, -0.2) is 9.37 Å². The van der Waals surface area contributed by atoms with E-state index in [4.69, 9.17) is 0 Å². The lowest BCUT2D eigenvalue weighted by Gasteiger charge is -2.07. The number of nitrogens with one attached hydrogen (secondary N) is 1. The number of imidazole rings is 1. The van der Waals surface area contributed by atoms with E-state index in [1.807, 2.05) is 53.2 Å². The summed E-state index contributed by atoms with van der Waals surface area (Å²) in [5.41, 5.74) is 3.98. The molecule has 0 aliphatic heterocycles. The summed E-state index contributed by atoms with van der Waals surface area (Å²) < 4.78 is 15.6. The molecule has 2 aromatic heterocycles. The third-order valence-electron chi connectivity index (χ3n) is 4.21. The molecule has 5 heteroatoms. The van der Waals surface area contributed by atoms with E-state index in [2.05, 4.69) is 10.3 Å². The van der Waals surface area contributed by atoms with Crippen molar-refractivity contribution in [2.75, 3.05) is 5.32 Å². The van der Waals surface area contributed by atoms with E-state index >= 15 is 0 Å². The van der Waals surface area contributed by atoms with Gasteiger partial charge >= 0.3 is 0 Å². The fourth-order valence-electron chi connectivity index (χ4n) is 2.77. The second-order valence-corrected chi connectivity index (χ2v) is 6.09. The second-order valence-electron chi connectivity index (χ2n) is 6.09. The number of fused-ring (bicyclic) bond motifs is 1. The summed E-state index contributed by atoms with van der Waals surface area (Å²) in [5.74, 6) is -0.743. The number of rotatable bonds is 3. The van der Waals surface area contributed by atoms with Crippen molar-refractivity contribution in [2.45, 2.75) is 6.92 Å². The number of halogens is 1. The standard InChI is InChI=1S/C21H16FN3O/c1-14-8-9-16(12-18(14)22)21(26)23-17-6-4-5-15(11-17)19-13-25-10-3-2-7-20(25)24-19/h2-13H,1H3,(H,23,26). The zero-order valence-electron chi connectivity index (χ0n) is 14.1. The summed E-state index contributed by atoms with van der Waals surface area (Å²) >= 11 is 0. The molecule has 4 nitrogen and oxygen atoms in total. The van der Waals surface area contributed by atoms with E-state index in [0.717, 1.165) is 16.9 Å². The van der Waals surface area contributed by atoms with Gasteiger partial charge in [0.1, 0.15) is 11.5 Å². The number of hydrogen-bond acceptors (Lipinski definition) is 2. The highest BCUT2D eigenvalue weighted by Crippen LogP contribution is 2.23. The molecule has 0 fully saturated rings. The lowest BCUT2D eigenvalue weighted by atomic mass is 10.1. The molecule has 0 saturated carbocycles. The molecule has 1 amide bonds. The molecule has 0 spiro atoms. The first-order valence-corrected chi connectivity index (χ1v) is 8.22. The SMILES string of the molecule is Cc1ccc(C(=O)Nc2cccc(-c3cn4ccccc4n3)c2)cc1F. The van der Waals surface area contributed by atoms with Gasteiger partial charge in [-0.1, -0.05) is 24.3 Å². The van der Waals surface area contributed by atoms with Crippen molar-refractivity contribution in [1.82, 2.24) is 9.38 Å². The Kier molecular flexibility index (Phi) is 3.97. The Morgan fingerprint density at radius 3 is 2.77 bits per heavy atom. The molecule has 26 heavy (non-hydrogen) atoms. The highest BCUT2D eigenvalue weighted by atomic mass is 19.1. The highest BCUT2D eigenvalue weighted by Gasteiger charge is 2.10. The number of aromatic nitrogens is 2. The van der Waals surface area contributed by atoms with Crippen molar-refractivity contribution in [1.29, 1.82) is 0 Å². The molecule has 4 aromatic rings. The van der Waals surface area contributed by atoms with Gasteiger partial charge in [-0.15, -0.1) is 0 Å². The Hall–Kier alpha value is -3.47. The topological polar surface area (TPSA) is 46.4 Å². The third-order valence-corrected chi connectivity index (χ3v) is 4.21. The van der Waals surface area contributed by atoms with Crippen molar-refractivity contribution in [3.8, 4) is 11.3 Å². The molecule has 0 saturated heterocycles. The molecule has 0 radical (unpaired) electrons. The molecule has 128 valence electrons. The number of carbonyl (C=O) groups excluding carboxylic acids is 1. The van der Waals surface area contributed by atoms with Crippen molar-refractivity contribution in [3.05, 3.63) is 90.0 Å². The predicted octanol–water partition coefficient (Wildman–Crippen LogP) is 4.70. The second kappa shape index (κ2) is 6.44. The van der Waals surface area contributed by atoms with Crippen LogP contribution < -0.4 is 5.32 Å². The van der Waals surface area contributed by atoms with Crippen LogP contribution in [-0.2, 0) is 0 Å². The van der Waals surface area contributed by atoms with Gasteiger partial charge in [0.25, 0.3) is 5.91 Å². The van der Waals surface area contributed by atoms with E-state index in [0.29, 0.717) is 11.3 Å². The summed E-state index contributed by atoms with van der Waals surface area (Å²) in [6.07, 6.45) is 3.87. The molecule has 0 aliphatic carbocycles. The van der Waals surface area contributed by atoms with Crippen LogP contribution in [0.2, 0.25) is 0 Å². The number of hydrogen-bond donors (Lipinski definition) is 1.